The summed E-state index contributed by atoms with van der Waals surface area (Å²) in [5, 5.41) is 39.3. The summed E-state index contributed by atoms with van der Waals surface area (Å²) in [7, 11) is -4.18. The number of carboxylic acid groups (broad SMARTS) is 1. The lowest BCUT2D eigenvalue weighted by atomic mass is 10.1. The molecule has 0 amide bonds. The highest BCUT2D eigenvalue weighted by Crippen LogP contribution is 2.12. The quantitative estimate of drug-likeness (QED) is 0.338. The Morgan fingerprint density at radius 3 is 2.30 bits per heavy atom. The van der Waals surface area contributed by atoms with Crippen molar-refractivity contribution in [3.63, 3.8) is 0 Å². The fraction of sp³-hybridized carbons (Fsp3) is 0.556. The molecule has 0 aliphatic rings. The number of rotatable bonds is 8. The highest BCUT2D eigenvalue weighted by molar-refractivity contribution is 7.89. The standard InChI is InChI=1S/C9H15N3O7S/c13-4-9(5-14,6-15)11-20(18,19)7-1-10-12(2-7)3-8(16)17/h1-2,11,13-15H,3-6H2,(H,16,17). The minimum absolute atomic E-state index is 0.349. The van der Waals surface area contributed by atoms with Crippen LogP contribution in [0.5, 0.6) is 0 Å². The van der Waals surface area contributed by atoms with E-state index in [1.54, 1.807) is 0 Å². The Kier molecular flexibility index (Phi) is 5.19. The van der Waals surface area contributed by atoms with Crippen molar-refractivity contribution in [1.29, 1.82) is 0 Å². The highest BCUT2D eigenvalue weighted by Gasteiger charge is 2.34. The number of nitrogens with one attached hydrogen (secondary N) is 1. The van der Waals surface area contributed by atoms with E-state index in [4.69, 9.17) is 20.4 Å². The van der Waals surface area contributed by atoms with Gasteiger partial charge in [0, 0.05) is 6.20 Å². The first-order chi connectivity index (χ1) is 9.28. The Morgan fingerprint density at radius 1 is 1.30 bits per heavy atom. The molecule has 0 spiro atoms. The maximum absolute atomic E-state index is 12.0. The second-order valence-corrected chi connectivity index (χ2v) is 5.81. The zero-order valence-electron chi connectivity index (χ0n) is 10.3. The molecule has 0 bridgehead atoms. The van der Waals surface area contributed by atoms with E-state index in [0.29, 0.717) is 0 Å². The number of aliphatic hydroxyl groups excluding tert-OH is 3. The van der Waals surface area contributed by atoms with Crippen molar-refractivity contribution in [3.05, 3.63) is 12.4 Å². The lowest BCUT2D eigenvalue weighted by Gasteiger charge is -2.27. The van der Waals surface area contributed by atoms with E-state index in [1.807, 2.05) is 4.72 Å². The molecule has 114 valence electrons. The summed E-state index contributed by atoms with van der Waals surface area (Å²) in [6, 6.07) is 0. The van der Waals surface area contributed by atoms with Gasteiger partial charge in [-0.05, 0) is 0 Å². The van der Waals surface area contributed by atoms with Gasteiger partial charge in [0.1, 0.15) is 17.0 Å². The van der Waals surface area contributed by atoms with E-state index in [1.165, 1.54) is 0 Å². The van der Waals surface area contributed by atoms with Crippen molar-refractivity contribution in [2.45, 2.75) is 17.0 Å². The largest absolute Gasteiger partial charge is 0.480 e. The summed E-state index contributed by atoms with van der Waals surface area (Å²) in [4.78, 5) is 10.1. The zero-order valence-corrected chi connectivity index (χ0v) is 11.1. The van der Waals surface area contributed by atoms with Crippen LogP contribution in [0.4, 0.5) is 0 Å². The molecule has 11 heteroatoms. The van der Waals surface area contributed by atoms with Crippen LogP contribution in [0.1, 0.15) is 0 Å². The van der Waals surface area contributed by atoms with Crippen LogP contribution in [-0.4, -0.2) is 70.0 Å². The molecule has 0 atom stereocenters. The fourth-order valence-corrected chi connectivity index (χ4v) is 2.63. The Labute approximate surface area is 114 Å². The molecule has 5 N–H and O–H groups in total. The number of aromatic nitrogens is 2. The number of sulfonamides is 1. The molecule has 1 aromatic heterocycles. The van der Waals surface area contributed by atoms with Crippen molar-refractivity contribution in [2.24, 2.45) is 0 Å². The van der Waals surface area contributed by atoms with Crippen LogP contribution in [0, 0.1) is 0 Å². The monoisotopic (exact) mass is 309 g/mol. The van der Waals surface area contributed by atoms with Gasteiger partial charge in [0.25, 0.3) is 0 Å². The number of carboxylic acids is 1. The van der Waals surface area contributed by atoms with Gasteiger partial charge in [0.2, 0.25) is 10.0 Å². The maximum Gasteiger partial charge on any atom is 0.325 e. The third-order valence-electron chi connectivity index (χ3n) is 2.48. The minimum atomic E-state index is -4.18. The van der Waals surface area contributed by atoms with Gasteiger partial charge in [0.05, 0.1) is 26.0 Å². The molecule has 1 aromatic rings. The molecule has 0 radical (unpaired) electrons. The first-order valence-electron chi connectivity index (χ1n) is 5.39. The van der Waals surface area contributed by atoms with Crippen LogP contribution in [0.25, 0.3) is 0 Å². The normalized spacial score (nSPS) is 12.6. The van der Waals surface area contributed by atoms with E-state index in [0.717, 1.165) is 17.1 Å². The molecule has 0 unspecified atom stereocenters. The van der Waals surface area contributed by atoms with Crippen LogP contribution in [-0.2, 0) is 21.4 Å². The lowest BCUT2D eigenvalue weighted by Crippen LogP contribution is -2.56. The third-order valence-corrected chi connectivity index (χ3v) is 4.01. The summed E-state index contributed by atoms with van der Waals surface area (Å²) in [6.07, 6.45) is 1.90. The molecule has 0 aliphatic carbocycles. The van der Waals surface area contributed by atoms with Gasteiger partial charge in [0.15, 0.2) is 0 Å². The molecule has 10 nitrogen and oxygen atoms in total. The SMILES string of the molecule is O=C(O)Cn1cc(S(=O)(=O)NC(CO)(CO)CO)cn1. The van der Waals surface area contributed by atoms with E-state index in [-0.39, 0.29) is 4.90 Å². The van der Waals surface area contributed by atoms with Crippen molar-refractivity contribution >= 4 is 16.0 Å². The van der Waals surface area contributed by atoms with Gasteiger partial charge in [-0.15, -0.1) is 0 Å². The first-order valence-corrected chi connectivity index (χ1v) is 6.88. The Hall–Kier alpha value is -1.53. The van der Waals surface area contributed by atoms with Crippen molar-refractivity contribution in [3.8, 4) is 0 Å². The predicted octanol–water partition coefficient (Wildman–Crippen LogP) is -3.04. The van der Waals surface area contributed by atoms with Crippen LogP contribution >= 0.6 is 0 Å². The Morgan fingerprint density at radius 2 is 1.85 bits per heavy atom. The predicted molar refractivity (Wildman–Crippen MR) is 64.2 cm³/mol. The number of hydrogen-bond donors (Lipinski definition) is 5. The summed E-state index contributed by atoms with van der Waals surface area (Å²) in [6.45, 7) is -2.96. The summed E-state index contributed by atoms with van der Waals surface area (Å²) >= 11 is 0. The average Bonchev–Trinajstić information content (AvgIpc) is 2.84. The molecule has 0 saturated carbocycles. The third kappa shape index (κ3) is 3.74. The van der Waals surface area contributed by atoms with Gasteiger partial charge < -0.3 is 20.4 Å². The van der Waals surface area contributed by atoms with Crippen LogP contribution < -0.4 is 4.72 Å². The lowest BCUT2D eigenvalue weighted by molar-refractivity contribution is -0.137. The second kappa shape index (κ2) is 6.28. The fourth-order valence-electron chi connectivity index (χ4n) is 1.30. The van der Waals surface area contributed by atoms with Gasteiger partial charge in [-0.1, -0.05) is 0 Å². The number of aliphatic carboxylic acids is 1. The zero-order chi connectivity index (χ0) is 15.4. The van der Waals surface area contributed by atoms with Crippen LogP contribution in [0.15, 0.2) is 17.3 Å². The van der Waals surface area contributed by atoms with E-state index < -0.39 is 47.9 Å². The van der Waals surface area contributed by atoms with Gasteiger partial charge in [-0.2, -0.15) is 9.82 Å². The van der Waals surface area contributed by atoms with E-state index in [2.05, 4.69) is 5.10 Å². The van der Waals surface area contributed by atoms with Crippen LogP contribution in [0.2, 0.25) is 0 Å². The molecule has 0 aromatic carbocycles. The van der Waals surface area contributed by atoms with E-state index in [9.17, 15) is 13.2 Å². The summed E-state index contributed by atoms with van der Waals surface area (Å²) in [5.74, 6) is -1.19. The number of carbonyl (C=O) groups is 1. The topological polar surface area (TPSA) is 162 Å². The molecule has 0 fully saturated rings. The maximum atomic E-state index is 12.0. The van der Waals surface area contributed by atoms with Crippen molar-refractivity contribution < 1.29 is 33.6 Å². The Bertz CT molecular complexity index is 556. The Balaban J connectivity index is 2.99. The molecule has 1 heterocycles. The molecule has 20 heavy (non-hydrogen) atoms. The van der Waals surface area contributed by atoms with Gasteiger partial charge >= 0.3 is 5.97 Å². The average molecular weight is 309 g/mol. The molecule has 0 aliphatic heterocycles. The van der Waals surface area contributed by atoms with Gasteiger partial charge in [-0.3, -0.25) is 9.48 Å². The second-order valence-electron chi connectivity index (χ2n) is 4.13. The number of nitrogens with zero attached hydrogens (tertiary/aromatic N) is 2. The van der Waals surface area contributed by atoms with Crippen molar-refractivity contribution in [1.82, 2.24) is 14.5 Å². The smallest absolute Gasteiger partial charge is 0.325 e. The highest BCUT2D eigenvalue weighted by atomic mass is 32.2. The number of aliphatic hydroxyl groups is 3. The molecular weight excluding hydrogens is 294 g/mol. The minimum Gasteiger partial charge on any atom is -0.480 e. The number of hydrogen-bond acceptors (Lipinski definition) is 7. The van der Waals surface area contributed by atoms with E-state index >= 15 is 0 Å². The van der Waals surface area contributed by atoms with Gasteiger partial charge in [-0.25, -0.2) is 8.42 Å². The summed E-state index contributed by atoms with van der Waals surface area (Å²) < 4.78 is 26.8. The first kappa shape index (κ1) is 16.5. The van der Waals surface area contributed by atoms with Crippen molar-refractivity contribution in [2.75, 3.05) is 19.8 Å². The molecular formula is C9H15N3O7S. The molecule has 1 rings (SSSR count). The van der Waals surface area contributed by atoms with Crippen LogP contribution in [0.3, 0.4) is 0 Å². The molecule has 0 saturated heterocycles. The summed E-state index contributed by atoms with van der Waals surface area (Å²) in [5.41, 5.74) is -1.81.